The molecular weight excluding hydrogens is 241 g/mol. The molecule has 0 aliphatic rings. The van der Waals surface area contributed by atoms with Crippen molar-refractivity contribution in [1.82, 2.24) is 0 Å². The second kappa shape index (κ2) is 4.63. The Kier molecular flexibility index (Phi) is 3.20. The molecule has 0 aliphatic heterocycles. The summed E-state index contributed by atoms with van der Waals surface area (Å²) in [6.07, 6.45) is 0. The van der Waals surface area contributed by atoms with Gasteiger partial charge < -0.3 is 10.5 Å². The van der Waals surface area contributed by atoms with Crippen LogP contribution in [0.3, 0.4) is 0 Å². The molecule has 2 aromatic carbocycles. The van der Waals surface area contributed by atoms with Gasteiger partial charge in [0.2, 0.25) is 0 Å². The zero-order valence-electron chi connectivity index (χ0n) is 9.21. The van der Waals surface area contributed by atoms with Gasteiger partial charge in [-0.15, -0.1) is 0 Å². The van der Waals surface area contributed by atoms with Gasteiger partial charge in [-0.1, -0.05) is 11.6 Å². The van der Waals surface area contributed by atoms with E-state index in [4.69, 9.17) is 22.1 Å². The Morgan fingerprint density at radius 2 is 1.88 bits per heavy atom. The second-order valence-electron chi connectivity index (χ2n) is 3.58. The largest absolute Gasteiger partial charge is 0.496 e. The summed E-state index contributed by atoms with van der Waals surface area (Å²) in [6.45, 7) is 0. The number of halogens is 2. The minimum atomic E-state index is -0.351. The molecular formula is C13H11ClFNO. The van der Waals surface area contributed by atoms with Gasteiger partial charge in [0.1, 0.15) is 11.6 Å². The first kappa shape index (κ1) is 11.7. The van der Waals surface area contributed by atoms with E-state index >= 15 is 0 Å². The molecule has 0 unspecified atom stereocenters. The van der Waals surface area contributed by atoms with Gasteiger partial charge in [0.05, 0.1) is 7.11 Å². The molecule has 0 atom stereocenters. The Morgan fingerprint density at radius 3 is 2.59 bits per heavy atom. The summed E-state index contributed by atoms with van der Waals surface area (Å²) in [5, 5.41) is 0.546. The standard InChI is InChI=1S/C13H11ClFNO/c1-17-13-5-2-8(14)6-11(13)10-7-9(15)3-4-12(10)16/h2-7H,16H2,1H3. The van der Waals surface area contributed by atoms with Gasteiger partial charge in [0.25, 0.3) is 0 Å². The Labute approximate surface area is 104 Å². The molecule has 0 aliphatic carbocycles. The van der Waals surface area contributed by atoms with Crippen molar-refractivity contribution in [3.63, 3.8) is 0 Å². The van der Waals surface area contributed by atoms with Gasteiger partial charge in [0.15, 0.2) is 0 Å². The lowest BCUT2D eigenvalue weighted by Gasteiger charge is -2.11. The third-order valence-corrected chi connectivity index (χ3v) is 2.70. The van der Waals surface area contributed by atoms with Crippen LogP contribution in [0.1, 0.15) is 0 Å². The van der Waals surface area contributed by atoms with Gasteiger partial charge >= 0.3 is 0 Å². The number of rotatable bonds is 2. The number of benzene rings is 2. The van der Waals surface area contributed by atoms with Crippen LogP contribution >= 0.6 is 11.6 Å². The fraction of sp³-hybridized carbons (Fsp3) is 0.0769. The fourth-order valence-electron chi connectivity index (χ4n) is 1.65. The molecule has 0 heterocycles. The molecule has 0 amide bonds. The normalized spacial score (nSPS) is 10.3. The summed E-state index contributed by atoms with van der Waals surface area (Å²) < 4.78 is 18.5. The van der Waals surface area contributed by atoms with E-state index in [2.05, 4.69) is 0 Å². The Morgan fingerprint density at radius 1 is 1.12 bits per heavy atom. The number of hydrogen-bond donors (Lipinski definition) is 1. The van der Waals surface area contributed by atoms with Crippen molar-refractivity contribution in [1.29, 1.82) is 0 Å². The highest BCUT2D eigenvalue weighted by molar-refractivity contribution is 6.31. The zero-order chi connectivity index (χ0) is 12.4. The molecule has 2 N–H and O–H groups in total. The monoisotopic (exact) mass is 251 g/mol. The Hall–Kier alpha value is -1.74. The van der Waals surface area contributed by atoms with E-state index in [-0.39, 0.29) is 5.82 Å². The third kappa shape index (κ3) is 2.34. The van der Waals surface area contributed by atoms with Crippen LogP contribution in [0.5, 0.6) is 5.75 Å². The fourth-order valence-corrected chi connectivity index (χ4v) is 1.82. The van der Waals surface area contributed by atoms with Crippen molar-refractivity contribution in [3.8, 4) is 16.9 Å². The molecule has 88 valence electrons. The summed E-state index contributed by atoms with van der Waals surface area (Å²) in [7, 11) is 1.54. The second-order valence-corrected chi connectivity index (χ2v) is 4.01. The summed E-state index contributed by atoms with van der Waals surface area (Å²) in [5.74, 6) is 0.253. The van der Waals surface area contributed by atoms with Crippen LogP contribution in [0.2, 0.25) is 5.02 Å². The Bertz CT molecular complexity index is 557. The minimum absolute atomic E-state index is 0.351. The van der Waals surface area contributed by atoms with Crippen molar-refractivity contribution >= 4 is 17.3 Å². The van der Waals surface area contributed by atoms with Crippen molar-refractivity contribution in [2.45, 2.75) is 0 Å². The van der Waals surface area contributed by atoms with Crippen LogP contribution < -0.4 is 10.5 Å². The van der Waals surface area contributed by atoms with Gasteiger partial charge in [-0.25, -0.2) is 4.39 Å². The number of nitrogens with two attached hydrogens (primary N) is 1. The highest BCUT2D eigenvalue weighted by Gasteiger charge is 2.10. The highest BCUT2D eigenvalue weighted by Crippen LogP contribution is 2.35. The molecule has 2 aromatic rings. The zero-order valence-corrected chi connectivity index (χ0v) is 9.96. The maximum absolute atomic E-state index is 13.2. The smallest absolute Gasteiger partial charge is 0.126 e. The van der Waals surface area contributed by atoms with Crippen LogP contribution in [-0.4, -0.2) is 7.11 Å². The number of anilines is 1. The van der Waals surface area contributed by atoms with E-state index in [1.54, 1.807) is 25.3 Å². The van der Waals surface area contributed by atoms with Gasteiger partial charge in [-0.2, -0.15) is 0 Å². The molecule has 4 heteroatoms. The first-order valence-corrected chi connectivity index (χ1v) is 5.38. The number of methoxy groups -OCH3 is 1. The van der Waals surface area contributed by atoms with Crippen molar-refractivity contribution in [2.75, 3.05) is 12.8 Å². The molecule has 0 spiro atoms. The number of ether oxygens (including phenoxy) is 1. The quantitative estimate of drug-likeness (QED) is 0.826. The molecule has 2 rings (SSSR count). The first-order valence-electron chi connectivity index (χ1n) is 5.01. The maximum atomic E-state index is 13.2. The summed E-state index contributed by atoms with van der Waals surface area (Å²) in [5.41, 5.74) is 7.56. The summed E-state index contributed by atoms with van der Waals surface area (Å²) in [6, 6.07) is 9.33. The summed E-state index contributed by atoms with van der Waals surface area (Å²) in [4.78, 5) is 0. The van der Waals surface area contributed by atoms with E-state index < -0.39 is 0 Å². The molecule has 0 aromatic heterocycles. The average Bonchev–Trinajstić information content (AvgIpc) is 2.32. The first-order chi connectivity index (χ1) is 8.11. The Balaban J connectivity index is 2.66. The van der Waals surface area contributed by atoms with E-state index in [1.807, 2.05) is 0 Å². The highest BCUT2D eigenvalue weighted by atomic mass is 35.5. The lowest BCUT2D eigenvalue weighted by molar-refractivity contribution is 0.416. The molecule has 0 saturated heterocycles. The topological polar surface area (TPSA) is 35.2 Å². The van der Waals surface area contributed by atoms with Crippen LogP contribution in [0.4, 0.5) is 10.1 Å². The molecule has 2 nitrogen and oxygen atoms in total. The lowest BCUT2D eigenvalue weighted by Crippen LogP contribution is -1.94. The van der Waals surface area contributed by atoms with E-state index in [0.29, 0.717) is 27.6 Å². The molecule has 0 saturated carbocycles. The van der Waals surface area contributed by atoms with Crippen LogP contribution in [-0.2, 0) is 0 Å². The molecule has 17 heavy (non-hydrogen) atoms. The lowest BCUT2D eigenvalue weighted by atomic mass is 10.0. The SMILES string of the molecule is COc1ccc(Cl)cc1-c1cc(F)ccc1N. The van der Waals surface area contributed by atoms with Crippen LogP contribution in [0, 0.1) is 5.82 Å². The molecule has 0 bridgehead atoms. The van der Waals surface area contributed by atoms with E-state index in [9.17, 15) is 4.39 Å². The molecule has 0 fully saturated rings. The van der Waals surface area contributed by atoms with E-state index in [0.717, 1.165) is 0 Å². The van der Waals surface area contributed by atoms with Crippen LogP contribution in [0.25, 0.3) is 11.1 Å². The summed E-state index contributed by atoms with van der Waals surface area (Å²) >= 11 is 5.93. The predicted molar refractivity (Wildman–Crippen MR) is 67.8 cm³/mol. The third-order valence-electron chi connectivity index (χ3n) is 2.47. The molecule has 0 radical (unpaired) electrons. The van der Waals surface area contributed by atoms with Crippen LogP contribution in [0.15, 0.2) is 36.4 Å². The average molecular weight is 252 g/mol. The maximum Gasteiger partial charge on any atom is 0.126 e. The number of nitrogen functional groups attached to an aromatic ring is 1. The van der Waals surface area contributed by atoms with E-state index in [1.165, 1.54) is 18.2 Å². The predicted octanol–water partition coefficient (Wildman–Crippen LogP) is 3.74. The minimum Gasteiger partial charge on any atom is -0.496 e. The van der Waals surface area contributed by atoms with Gasteiger partial charge in [-0.3, -0.25) is 0 Å². The van der Waals surface area contributed by atoms with Gasteiger partial charge in [-0.05, 0) is 36.4 Å². The van der Waals surface area contributed by atoms with Gasteiger partial charge in [0, 0.05) is 21.8 Å². The van der Waals surface area contributed by atoms with Crippen molar-refractivity contribution in [3.05, 3.63) is 47.2 Å². The van der Waals surface area contributed by atoms with Crippen molar-refractivity contribution < 1.29 is 9.13 Å². The number of hydrogen-bond acceptors (Lipinski definition) is 2. The van der Waals surface area contributed by atoms with Crippen molar-refractivity contribution in [2.24, 2.45) is 0 Å².